The number of aromatic nitrogens is 2. The number of rotatable bonds is 4. The lowest BCUT2D eigenvalue weighted by atomic mass is 10.3. The standard InChI is InChI=1S/C17H12N2O3S/c20-17(21)14-8-7-11(22-14)10-19-13-5-2-1-4-12(13)18-16(19)15-6-3-9-23-15/h1-9H,10H2,(H,20,21). The van der Waals surface area contributed by atoms with Crippen LogP contribution >= 0.6 is 11.3 Å². The first-order valence-corrected chi connectivity index (χ1v) is 7.91. The van der Waals surface area contributed by atoms with Crippen LogP contribution in [0.5, 0.6) is 0 Å². The van der Waals surface area contributed by atoms with E-state index in [1.54, 1.807) is 17.4 Å². The quantitative estimate of drug-likeness (QED) is 0.613. The van der Waals surface area contributed by atoms with Gasteiger partial charge in [0.15, 0.2) is 5.82 Å². The first kappa shape index (κ1) is 13.8. The summed E-state index contributed by atoms with van der Waals surface area (Å²) in [7, 11) is 0. The zero-order valence-corrected chi connectivity index (χ0v) is 12.8. The van der Waals surface area contributed by atoms with Crippen LogP contribution < -0.4 is 0 Å². The molecule has 3 heterocycles. The second-order valence-corrected chi connectivity index (χ2v) is 6.01. The van der Waals surface area contributed by atoms with Gasteiger partial charge in [-0.05, 0) is 35.7 Å². The number of benzene rings is 1. The van der Waals surface area contributed by atoms with Crippen LogP contribution in [-0.4, -0.2) is 20.6 Å². The van der Waals surface area contributed by atoms with Crippen molar-refractivity contribution in [1.29, 1.82) is 0 Å². The lowest BCUT2D eigenvalue weighted by Crippen LogP contribution is -2.01. The van der Waals surface area contributed by atoms with Crippen LogP contribution in [0, 0.1) is 0 Å². The summed E-state index contributed by atoms with van der Waals surface area (Å²) in [5.74, 6) is 0.324. The van der Waals surface area contributed by atoms with Gasteiger partial charge in [-0.15, -0.1) is 11.3 Å². The van der Waals surface area contributed by atoms with Crippen LogP contribution in [0.15, 0.2) is 58.3 Å². The van der Waals surface area contributed by atoms with Crippen molar-refractivity contribution in [2.24, 2.45) is 0 Å². The van der Waals surface area contributed by atoms with Gasteiger partial charge in [0.2, 0.25) is 5.76 Å². The molecular weight excluding hydrogens is 312 g/mol. The second kappa shape index (κ2) is 5.40. The molecule has 0 saturated heterocycles. The van der Waals surface area contributed by atoms with Crippen molar-refractivity contribution < 1.29 is 14.3 Å². The Balaban J connectivity index is 1.83. The highest BCUT2D eigenvalue weighted by molar-refractivity contribution is 7.13. The van der Waals surface area contributed by atoms with Gasteiger partial charge < -0.3 is 14.1 Å². The number of hydrogen-bond donors (Lipinski definition) is 1. The number of carboxylic acid groups (broad SMARTS) is 1. The molecule has 0 fully saturated rings. The van der Waals surface area contributed by atoms with E-state index in [1.165, 1.54) is 6.07 Å². The Morgan fingerprint density at radius 1 is 1.17 bits per heavy atom. The minimum Gasteiger partial charge on any atom is -0.475 e. The molecule has 5 nitrogen and oxygen atoms in total. The van der Waals surface area contributed by atoms with Crippen molar-refractivity contribution in [3.8, 4) is 10.7 Å². The van der Waals surface area contributed by atoms with E-state index in [0.29, 0.717) is 12.3 Å². The van der Waals surface area contributed by atoms with E-state index < -0.39 is 5.97 Å². The normalized spacial score (nSPS) is 11.1. The van der Waals surface area contributed by atoms with E-state index in [1.807, 2.05) is 46.3 Å². The van der Waals surface area contributed by atoms with Crippen LogP contribution in [0.25, 0.3) is 21.7 Å². The Morgan fingerprint density at radius 3 is 2.78 bits per heavy atom. The van der Waals surface area contributed by atoms with Gasteiger partial charge in [-0.3, -0.25) is 0 Å². The van der Waals surface area contributed by atoms with Gasteiger partial charge in [0, 0.05) is 0 Å². The van der Waals surface area contributed by atoms with Crippen molar-refractivity contribution >= 4 is 28.3 Å². The molecule has 0 atom stereocenters. The van der Waals surface area contributed by atoms with E-state index in [4.69, 9.17) is 14.5 Å². The van der Waals surface area contributed by atoms with Crippen LogP contribution in [0.1, 0.15) is 16.3 Å². The number of nitrogens with zero attached hydrogens (tertiary/aromatic N) is 2. The first-order chi connectivity index (χ1) is 11.2. The van der Waals surface area contributed by atoms with E-state index in [2.05, 4.69) is 0 Å². The van der Waals surface area contributed by atoms with Gasteiger partial charge in [0.25, 0.3) is 0 Å². The lowest BCUT2D eigenvalue weighted by Gasteiger charge is -2.06. The number of hydrogen-bond acceptors (Lipinski definition) is 4. The predicted octanol–water partition coefficient (Wildman–Crippen LogP) is 4.10. The maximum absolute atomic E-state index is 11.0. The number of imidazole rings is 1. The molecule has 0 unspecified atom stereocenters. The number of furan rings is 1. The number of carboxylic acids is 1. The smallest absolute Gasteiger partial charge is 0.371 e. The molecule has 0 aliphatic carbocycles. The largest absolute Gasteiger partial charge is 0.475 e. The molecule has 0 radical (unpaired) electrons. The molecule has 23 heavy (non-hydrogen) atoms. The predicted molar refractivity (Wildman–Crippen MR) is 87.8 cm³/mol. The molecule has 4 rings (SSSR count). The molecule has 0 bridgehead atoms. The number of fused-ring (bicyclic) bond motifs is 1. The van der Waals surface area contributed by atoms with E-state index in [-0.39, 0.29) is 5.76 Å². The summed E-state index contributed by atoms with van der Waals surface area (Å²) in [5, 5.41) is 11.0. The van der Waals surface area contributed by atoms with Crippen molar-refractivity contribution in [3.05, 3.63) is 65.4 Å². The molecule has 0 amide bonds. The zero-order chi connectivity index (χ0) is 15.8. The summed E-state index contributed by atoms with van der Waals surface area (Å²) in [5.41, 5.74) is 1.89. The van der Waals surface area contributed by atoms with Gasteiger partial charge >= 0.3 is 5.97 Å². The van der Waals surface area contributed by atoms with Gasteiger partial charge in [0.05, 0.1) is 22.5 Å². The monoisotopic (exact) mass is 324 g/mol. The molecule has 0 saturated carbocycles. The molecule has 114 valence electrons. The van der Waals surface area contributed by atoms with Gasteiger partial charge in [-0.2, -0.15) is 0 Å². The highest BCUT2D eigenvalue weighted by Crippen LogP contribution is 2.29. The average Bonchev–Trinajstić information content (AvgIpc) is 3.27. The fourth-order valence-corrected chi connectivity index (χ4v) is 3.29. The van der Waals surface area contributed by atoms with Gasteiger partial charge in [-0.1, -0.05) is 18.2 Å². The molecule has 6 heteroatoms. The molecule has 0 aliphatic heterocycles. The van der Waals surface area contributed by atoms with E-state index in [0.717, 1.165) is 21.7 Å². The van der Waals surface area contributed by atoms with E-state index >= 15 is 0 Å². The summed E-state index contributed by atoms with van der Waals surface area (Å²) in [6, 6.07) is 15.1. The Morgan fingerprint density at radius 2 is 2.04 bits per heavy atom. The number of carbonyl (C=O) groups is 1. The molecule has 0 spiro atoms. The van der Waals surface area contributed by atoms with Gasteiger partial charge in [-0.25, -0.2) is 9.78 Å². The fourth-order valence-electron chi connectivity index (χ4n) is 2.56. The Bertz CT molecular complexity index is 983. The number of aromatic carboxylic acids is 1. The first-order valence-electron chi connectivity index (χ1n) is 7.03. The van der Waals surface area contributed by atoms with Crippen LogP contribution in [0.3, 0.4) is 0 Å². The maximum atomic E-state index is 11.0. The molecule has 4 aromatic rings. The third kappa shape index (κ3) is 2.43. The third-order valence-electron chi connectivity index (χ3n) is 3.58. The number of thiophene rings is 1. The maximum Gasteiger partial charge on any atom is 0.371 e. The SMILES string of the molecule is O=C(O)c1ccc(Cn2c(-c3cccs3)nc3ccccc32)o1. The minimum atomic E-state index is -1.06. The topological polar surface area (TPSA) is 68.3 Å². The minimum absolute atomic E-state index is 0.0536. The molecular formula is C17H12N2O3S. The van der Waals surface area contributed by atoms with Crippen molar-refractivity contribution in [2.45, 2.75) is 6.54 Å². The zero-order valence-electron chi connectivity index (χ0n) is 12.0. The molecule has 3 aromatic heterocycles. The summed E-state index contributed by atoms with van der Waals surface area (Å²) < 4.78 is 7.44. The lowest BCUT2D eigenvalue weighted by molar-refractivity contribution is 0.0660. The van der Waals surface area contributed by atoms with E-state index in [9.17, 15) is 4.79 Å². The highest BCUT2D eigenvalue weighted by atomic mass is 32.1. The van der Waals surface area contributed by atoms with Crippen LogP contribution in [-0.2, 0) is 6.54 Å². The highest BCUT2D eigenvalue weighted by Gasteiger charge is 2.16. The third-order valence-corrected chi connectivity index (χ3v) is 4.45. The Hall–Kier alpha value is -2.86. The summed E-state index contributed by atoms with van der Waals surface area (Å²) >= 11 is 1.62. The van der Waals surface area contributed by atoms with Crippen molar-refractivity contribution in [3.63, 3.8) is 0 Å². The number of para-hydroxylation sites is 2. The Kier molecular flexibility index (Phi) is 3.24. The average molecular weight is 324 g/mol. The summed E-state index contributed by atoms with van der Waals surface area (Å²) in [4.78, 5) is 16.7. The van der Waals surface area contributed by atoms with Gasteiger partial charge in [0.1, 0.15) is 5.76 Å². The molecule has 1 aromatic carbocycles. The summed E-state index contributed by atoms with van der Waals surface area (Å²) in [6.45, 7) is 0.432. The fraction of sp³-hybridized carbons (Fsp3) is 0.0588. The second-order valence-electron chi connectivity index (χ2n) is 5.06. The van der Waals surface area contributed by atoms with Crippen molar-refractivity contribution in [2.75, 3.05) is 0 Å². The van der Waals surface area contributed by atoms with Crippen molar-refractivity contribution in [1.82, 2.24) is 9.55 Å². The summed E-state index contributed by atoms with van der Waals surface area (Å²) in [6.07, 6.45) is 0. The van der Waals surface area contributed by atoms with Crippen LogP contribution in [0.2, 0.25) is 0 Å². The molecule has 0 aliphatic rings. The molecule has 1 N–H and O–H groups in total. The Labute approximate surface area is 135 Å². The van der Waals surface area contributed by atoms with Crippen LogP contribution in [0.4, 0.5) is 0 Å².